The Morgan fingerprint density at radius 3 is 2.70 bits per heavy atom. The van der Waals surface area contributed by atoms with Gasteiger partial charge in [0, 0.05) is 23.2 Å². The summed E-state index contributed by atoms with van der Waals surface area (Å²) in [6.07, 6.45) is 0. The van der Waals surface area contributed by atoms with Crippen LogP contribution < -0.4 is 5.32 Å². The van der Waals surface area contributed by atoms with Gasteiger partial charge in [-0.2, -0.15) is 0 Å². The Kier molecular flexibility index (Phi) is 4.42. The van der Waals surface area contributed by atoms with E-state index in [1.807, 2.05) is 0 Å². The normalized spacial score (nSPS) is 10.3. The van der Waals surface area contributed by atoms with Crippen LogP contribution in [0.5, 0.6) is 0 Å². The molecule has 0 aliphatic carbocycles. The van der Waals surface area contributed by atoms with Crippen LogP contribution in [-0.4, -0.2) is 4.92 Å². The van der Waals surface area contributed by atoms with E-state index in [1.165, 1.54) is 24.3 Å². The van der Waals surface area contributed by atoms with Crippen molar-refractivity contribution in [3.63, 3.8) is 0 Å². The molecule has 4 nitrogen and oxygen atoms in total. The zero-order valence-corrected chi connectivity index (χ0v) is 11.6. The van der Waals surface area contributed by atoms with Crippen molar-refractivity contribution in [2.24, 2.45) is 0 Å². The Morgan fingerprint density at radius 2 is 2.00 bits per heavy atom. The standard InChI is InChI=1S/C13H9Cl2FN2O2/c14-9-5-4-8(12(6-9)18(19)20)7-17-11-3-1-2-10(15)13(11)16/h1-6,17H,7H2. The molecule has 0 unspecified atom stereocenters. The second-order valence-corrected chi connectivity index (χ2v) is 4.83. The molecule has 2 rings (SSSR count). The van der Waals surface area contributed by atoms with Crippen LogP contribution >= 0.6 is 23.2 Å². The summed E-state index contributed by atoms with van der Waals surface area (Å²) in [6.45, 7) is 0.0880. The molecule has 0 aromatic heterocycles. The van der Waals surface area contributed by atoms with E-state index in [1.54, 1.807) is 12.1 Å². The first-order valence-electron chi connectivity index (χ1n) is 5.59. The van der Waals surface area contributed by atoms with Crippen molar-refractivity contribution in [2.45, 2.75) is 6.54 Å². The molecule has 0 radical (unpaired) electrons. The first kappa shape index (κ1) is 14.6. The number of nitro benzene ring substituents is 1. The van der Waals surface area contributed by atoms with E-state index in [9.17, 15) is 14.5 Å². The van der Waals surface area contributed by atoms with Gasteiger partial charge in [-0.3, -0.25) is 10.1 Å². The maximum absolute atomic E-state index is 13.7. The zero-order chi connectivity index (χ0) is 14.7. The van der Waals surface area contributed by atoms with Gasteiger partial charge in [-0.05, 0) is 24.3 Å². The fourth-order valence-electron chi connectivity index (χ4n) is 1.69. The number of rotatable bonds is 4. The first-order valence-corrected chi connectivity index (χ1v) is 6.35. The van der Waals surface area contributed by atoms with Crippen LogP contribution in [0.15, 0.2) is 36.4 Å². The first-order chi connectivity index (χ1) is 9.49. The zero-order valence-electron chi connectivity index (χ0n) is 10.1. The molecule has 0 bridgehead atoms. The summed E-state index contributed by atoms with van der Waals surface area (Å²) in [4.78, 5) is 10.4. The van der Waals surface area contributed by atoms with Crippen molar-refractivity contribution < 1.29 is 9.31 Å². The third-order valence-corrected chi connectivity index (χ3v) is 3.19. The maximum atomic E-state index is 13.7. The summed E-state index contributed by atoms with van der Waals surface area (Å²) in [6, 6.07) is 8.84. The smallest absolute Gasteiger partial charge is 0.275 e. The Balaban J connectivity index is 2.23. The molecular weight excluding hydrogens is 306 g/mol. The molecule has 2 aromatic rings. The molecule has 7 heteroatoms. The lowest BCUT2D eigenvalue weighted by Gasteiger charge is -2.09. The van der Waals surface area contributed by atoms with Crippen molar-refractivity contribution in [2.75, 3.05) is 5.32 Å². The highest BCUT2D eigenvalue weighted by Crippen LogP contribution is 2.26. The number of benzene rings is 2. The third kappa shape index (κ3) is 3.18. The van der Waals surface area contributed by atoms with Gasteiger partial charge in [-0.1, -0.05) is 29.3 Å². The molecule has 104 valence electrons. The van der Waals surface area contributed by atoms with E-state index in [4.69, 9.17) is 23.2 Å². The van der Waals surface area contributed by atoms with Crippen LogP contribution in [0.2, 0.25) is 10.0 Å². The number of hydrogen-bond donors (Lipinski definition) is 1. The Bertz CT molecular complexity index is 665. The molecular formula is C13H9Cl2FN2O2. The summed E-state index contributed by atoms with van der Waals surface area (Å²) in [5, 5.41) is 14.0. The molecule has 20 heavy (non-hydrogen) atoms. The van der Waals surface area contributed by atoms with Crippen molar-refractivity contribution >= 4 is 34.6 Å². The van der Waals surface area contributed by atoms with Crippen molar-refractivity contribution in [3.05, 3.63) is 67.9 Å². The van der Waals surface area contributed by atoms with Crippen LogP contribution in [-0.2, 0) is 6.54 Å². The Morgan fingerprint density at radius 1 is 1.25 bits per heavy atom. The van der Waals surface area contributed by atoms with Gasteiger partial charge in [-0.15, -0.1) is 0 Å². The number of halogens is 3. The molecule has 0 spiro atoms. The molecule has 0 amide bonds. The largest absolute Gasteiger partial charge is 0.378 e. The highest BCUT2D eigenvalue weighted by atomic mass is 35.5. The quantitative estimate of drug-likeness (QED) is 0.660. The minimum Gasteiger partial charge on any atom is -0.378 e. The molecule has 1 N–H and O–H groups in total. The van der Waals surface area contributed by atoms with Gasteiger partial charge < -0.3 is 5.32 Å². The Hall–Kier alpha value is -1.85. The third-order valence-electron chi connectivity index (χ3n) is 2.66. The predicted octanol–water partition coefficient (Wildman–Crippen LogP) is 4.65. The van der Waals surface area contributed by atoms with Crippen LogP contribution in [0, 0.1) is 15.9 Å². The fourth-order valence-corrected chi connectivity index (χ4v) is 2.03. The molecule has 0 fully saturated rings. The van der Waals surface area contributed by atoms with Gasteiger partial charge in [0.1, 0.15) is 0 Å². The van der Waals surface area contributed by atoms with Crippen molar-refractivity contribution in [3.8, 4) is 0 Å². The van der Waals surface area contributed by atoms with E-state index in [0.717, 1.165) is 0 Å². The SMILES string of the molecule is O=[N+]([O-])c1cc(Cl)ccc1CNc1cccc(Cl)c1F. The van der Waals surface area contributed by atoms with Gasteiger partial charge in [0.15, 0.2) is 5.82 Å². The van der Waals surface area contributed by atoms with E-state index < -0.39 is 10.7 Å². The lowest BCUT2D eigenvalue weighted by atomic mass is 10.1. The van der Waals surface area contributed by atoms with Gasteiger partial charge in [-0.25, -0.2) is 4.39 Å². The molecule has 2 aromatic carbocycles. The van der Waals surface area contributed by atoms with Crippen LogP contribution in [0.1, 0.15) is 5.56 Å². The van der Waals surface area contributed by atoms with Crippen molar-refractivity contribution in [1.29, 1.82) is 0 Å². The van der Waals surface area contributed by atoms with Crippen LogP contribution in [0.25, 0.3) is 0 Å². The summed E-state index contributed by atoms with van der Waals surface area (Å²) in [7, 11) is 0. The van der Waals surface area contributed by atoms with Gasteiger partial charge >= 0.3 is 0 Å². The monoisotopic (exact) mass is 314 g/mol. The highest BCUT2D eigenvalue weighted by Gasteiger charge is 2.14. The number of nitrogens with zero attached hydrogens (tertiary/aromatic N) is 1. The van der Waals surface area contributed by atoms with E-state index in [-0.39, 0.29) is 28.0 Å². The van der Waals surface area contributed by atoms with Crippen LogP contribution in [0.4, 0.5) is 15.8 Å². The Labute approximate surface area is 124 Å². The summed E-state index contributed by atoms with van der Waals surface area (Å²) >= 11 is 11.4. The average Bonchev–Trinajstić information content (AvgIpc) is 2.41. The molecule has 0 heterocycles. The lowest BCUT2D eigenvalue weighted by Crippen LogP contribution is -2.04. The molecule has 0 saturated carbocycles. The predicted molar refractivity (Wildman–Crippen MR) is 76.8 cm³/mol. The van der Waals surface area contributed by atoms with Gasteiger partial charge in [0.25, 0.3) is 5.69 Å². The number of anilines is 1. The highest BCUT2D eigenvalue weighted by molar-refractivity contribution is 6.31. The van der Waals surface area contributed by atoms with Crippen molar-refractivity contribution in [1.82, 2.24) is 0 Å². The number of hydrogen-bond acceptors (Lipinski definition) is 3. The summed E-state index contributed by atoms with van der Waals surface area (Å²) in [5.41, 5.74) is 0.466. The lowest BCUT2D eigenvalue weighted by molar-refractivity contribution is -0.385. The average molecular weight is 315 g/mol. The number of nitro groups is 1. The van der Waals surface area contributed by atoms with Crippen LogP contribution in [0.3, 0.4) is 0 Å². The fraction of sp³-hybridized carbons (Fsp3) is 0.0769. The summed E-state index contributed by atoms with van der Waals surface area (Å²) < 4.78 is 13.7. The molecule has 0 aliphatic heterocycles. The van der Waals surface area contributed by atoms with E-state index >= 15 is 0 Å². The van der Waals surface area contributed by atoms with E-state index in [0.29, 0.717) is 5.56 Å². The molecule has 0 saturated heterocycles. The number of nitrogens with one attached hydrogen (secondary N) is 1. The summed E-state index contributed by atoms with van der Waals surface area (Å²) in [5.74, 6) is -0.592. The topological polar surface area (TPSA) is 55.2 Å². The molecule has 0 aliphatic rings. The maximum Gasteiger partial charge on any atom is 0.275 e. The van der Waals surface area contributed by atoms with E-state index in [2.05, 4.69) is 5.32 Å². The minimum atomic E-state index is -0.592. The van der Waals surface area contributed by atoms with Gasteiger partial charge in [0.05, 0.1) is 15.6 Å². The minimum absolute atomic E-state index is 0.0133. The second kappa shape index (κ2) is 6.07. The van der Waals surface area contributed by atoms with Gasteiger partial charge in [0.2, 0.25) is 0 Å². The molecule has 0 atom stereocenters. The second-order valence-electron chi connectivity index (χ2n) is 3.99.